The smallest absolute Gasteiger partial charge is 0.418 e. The van der Waals surface area contributed by atoms with Crippen LogP contribution >= 0.6 is 11.5 Å². The zero-order chi connectivity index (χ0) is 31.5. The number of nitrogens with one attached hydrogen (secondary N) is 1. The molecule has 3 aromatic rings. The lowest BCUT2D eigenvalue weighted by Crippen LogP contribution is -2.68. The molecule has 1 saturated carbocycles. The van der Waals surface area contributed by atoms with E-state index in [1.165, 1.54) is 33.1 Å². The van der Waals surface area contributed by atoms with Gasteiger partial charge in [-0.2, -0.15) is 22.8 Å². The number of carbonyl (C=O) groups is 2. The Morgan fingerprint density at radius 3 is 2.68 bits per heavy atom. The van der Waals surface area contributed by atoms with Crippen molar-refractivity contribution in [2.75, 3.05) is 24.3 Å². The number of Topliss-reactive ketones (excluding diaryl/α,β-unsaturated/α-hetero) is 1. The Morgan fingerprint density at radius 2 is 2.00 bits per heavy atom. The first-order valence-electron chi connectivity index (χ1n) is 14.0. The van der Waals surface area contributed by atoms with E-state index in [0.717, 1.165) is 41.0 Å². The second-order valence-electron chi connectivity index (χ2n) is 11.1. The van der Waals surface area contributed by atoms with Crippen molar-refractivity contribution < 1.29 is 36.4 Å². The standard InChI is InChI=1S/C27H33N7O8S2/c1-27(2)20(25(36)34(27)42-44(37,38)39)15-21(35)22(24-31-26(28)43-33-24)32-41-13-12-40-18-8-9-19-16(14-18)10-11-29-23(19)30-17-6-4-3-5-7-17/h8-11,14,17,20H,3-7,12-13,15H2,1-2H3,(H,29,30)(H2,28,31,33)(H,37,38,39)/b32-22+. The van der Waals surface area contributed by atoms with Gasteiger partial charge in [-0.05, 0) is 56.3 Å². The summed E-state index contributed by atoms with van der Waals surface area (Å²) in [5, 5.41) is 10.1. The quantitative estimate of drug-likeness (QED) is 0.0802. The lowest BCUT2D eigenvalue weighted by atomic mass is 9.75. The second kappa shape index (κ2) is 13.0. The first-order chi connectivity index (χ1) is 20.9. The maximum atomic E-state index is 13.2. The van der Waals surface area contributed by atoms with Crippen molar-refractivity contribution in [3.63, 3.8) is 0 Å². The highest BCUT2D eigenvalue weighted by molar-refractivity contribution is 7.80. The first-order valence-corrected chi connectivity index (χ1v) is 16.2. The van der Waals surface area contributed by atoms with E-state index in [9.17, 15) is 18.0 Å². The lowest BCUT2D eigenvalue weighted by molar-refractivity contribution is -0.228. The summed E-state index contributed by atoms with van der Waals surface area (Å²) in [5.41, 5.74) is 4.21. The van der Waals surface area contributed by atoms with Gasteiger partial charge in [0.2, 0.25) is 5.82 Å². The van der Waals surface area contributed by atoms with Gasteiger partial charge in [0.25, 0.3) is 5.91 Å². The van der Waals surface area contributed by atoms with E-state index in [-0.39, 0.29) is 36.3 Å². The molecule has 17 heteroatoms. The molecule has 236 valence electrons. The largest absolute Gasteiger partial charge is 0.490 e. The van der Waals surface area contributed by atoms with Crippen LogP contribution in [0.4, 0.5) is 10.9 Å². The Hall–Kier alpha value is -3.93. The van der Waals surface area contributed by atoms with Crippen molar-refractivity contribution in [3.05, 3.63) is 36.3 Å². The molecule has 1 aliphatic carbocycles. The number of nitrogen functional groups attached to an aromatic ring is 1. The first kappa shape index (κ1) is 31.5. The average Bonchev–Trinajstić information content (AvgIpc) is 3.42. The van der Waals surface area contributed by atoms with Gasteiger partial charge in [0, 0.05) is 35.6 Å². The molecule has 1 atom stereocenters. The van der Waals surface area contributed by atoms with Gasteiger partial charge in [-0.1, -0.05) is 24.4 Å². The molecule has 1 saturated heterocycles. The predicted molar refractivity (Wildman–Crippen MR) is 161 cm³/mol. The molecular formula is C27H33N7O8S2. The topological polar surface area (TPSA) is 209 Å². The third kappa shape index (κ3) is 7.23. The Bertz CT molecular complexity index is 1670. The number of benzene rings is 1. The van der Waals surface area contributed by atoms with Crippen molar-refractivity contribution >= 4 is 61.1 Å². The number of rotatable bonds is 13. The molecule has 0 spiro atoms. The van der Waals surface area contributed by atoms with E-state index in [1.54, 1.807) is 6.20 Å². The maximum Gasteiger partial charge on any atom is 0.418 e. The summed E-state index contributed by atoms with van der Waals surface area (Å²) in [6.45, 7) is 3.05. The highest BCUT2D eigenvalue weighted by atomic mass is 32.3. The molecule has 4 N–H and O–H groups in total. The van der Waals surface area contributed by atoms with Crippen molar-refractivity contribution in [2.45, 2.75) is 64.0 Å². The number of ether oxygens (including phenoxy) is 1. The summed E-state index contributed by atoms with van der Waals surface area (Å²) in [7, 11) is -4.93. The van der Waals surface area contributed by atoms with Crippen molar-refractivity contribution in [1.29, 1.82) is 0 Å². The van der Waals surface area contributed by atoms with Gasteiger partial charge in [-0.3, -0.25) is 14.1 Å². The highest BCUT2D eigenvalue weighted by Crippen LogP contribution is 2.40. The molecule has 2 aliphatic rings. The molecule has 1 unspecified atom stereocenters. The number of amides is 1. The van der Waals surface area contributed by atoms with Crippen LogP contribution < -0.4 is 15.8 Å². The fourth-order valence-corrected chi connectivity index (χ4v) is 6.19. The van der Waals surface area contributed by atoms with Crippen LogP contribution in [0.1, 0.15) is 58.2 Å². The summed E-state index contributed by atoms with van der Waals surface area (Å²) >= 11 is 0.853. The number of oxime groups is 1. The summed E-state index contributed by atoms with van der Waals surface area (Å²) in [5.74, 6) is -1.01. The summed E-state index contributed by atoms with van der Waals surface area (Å²) in [6.07, 6.45) is 7.40. The minimum Gasteiger partial charge on any atom is -0.490 e. The van der Waals surface area contributed by atoms with Crippen LogP contribution in [0.25, 0.3) is 10.8 Å². The maximum absolute atomic E-state index is 13.2. The minimum absolute atomic E-state index is 0.0247. The molecule has 1 amide bonds. The third-order valence-corrected chi connectivity index (χ3v) is 8.51. The van der Waals surface area contributed by atoms with Gasteiger partial charge >= 0.3 is 10.4 Å². The number of anilines is 2. The molecule has 0 radical (unpaired) electrons. The number of fused-ring (bicyclic) bond motifs is 1. The van der Waals surface area contributed by atoms with Crippen molar-refractivity contribution in [3.8, 4) is 5.75 Å². The van der Waals surface area contributed by atoms with Gasteiger partial charge in [0.1, 0.15) is 18.2 Å². The predicted octanol–water partition coefficient (Wildman–Crippen LogP) is 3.14. The number of hydroxylamine groups is 2. The van der Waals surface area contributed by atoms with Gasteiger partial charge < -0.3 is 20.6 Å². The minimum atomic E-state index is -4.93. The molecule has 2 aromatic heterocycles. The van der Waals surface area contributed by atoms with Crippen molar-refractivity contribution in [1.82, 2.24) is 19.4 Å². The van der Waals surface area contributed by atoms with Crippen LogP contribution in [0.3, 0.4) is 0 Å². The fraction of sp³-hybridized carbons (Fsp3) is 0.481. The Morgan fingerprint density at radius 1 is 1.23 bits per heavy atom. The average molecular weight is 648 g/mol. The number of hydrogen-bond donors (Lipinski definition) is 3. The molecule has 0 bridgehead atoms. The van der Waals surface area contributed by atoms with Crippen LogP contribution in [0.5, 0.6) is 5.75 Å². The number of nitrogens with two attached hydrogens (primary N) is 1. The van der Waals surface area contributed by atoms with Crippen LogP contribution in [0.15, 0.2) is 35.6 Å². The van der Waals surface area contributed by atoms with Crippen molar-refractivity contribution in [2.24, 2.45) is 11.1 Å². The van der Waals surface area contributed by atoms with Crippen LogP contribution in [-0.2, 0) is 29.1 Å². The molecule has 2 fully saturated rings. The van der Waals surface area contributed by atoms with E-state index in [1.807, 2.05) is 24.3 Å². The second-order valence-corrected chi connectivity index (χ2v) is 12.9. The third-order valence-electron chi connectivity index (χ3n) is 7.63. The monoisotopic (exact) mass is 647 g/mol. The molecule has 3 heterocycles. The Balaban J connectivity index is 1.19. The van der Waals surface area contributed by atoms with E-state index < -0.39 is 33.5 Å². The molecular weight excluding hydrogens is 614 g/mol. The number of nitrogens with zero attached hydrogens (tertiary/aromatic N) is 5. The van der Waals surface area contributed by atoms with Gasteiger partial charge in [0.05, 0.1) is 11.5 Å². The number of carbonyl (C=O) groups excluding carboxylic acids is 2. The normalized spacial score (nSPS) is 19.1. The zero-order valence-electron chi connectivity index (χ0n) is 24.1. The van der Waals surface area contributed by atoms with Gasteiger partial charge in [0.15, 0.2) is 23.2 Å². The molecule has 1 aromatic carbocycles. The molecule has 15 nitrogen and oxygen atoms in total. The highest BCUT2D eigenvalue weighted by Gasteiger charge is 2.57. The number of β-lactam (4-membered cyclic amide) rings is 1. The van der Waals surface area contributed by atoms with Gasteiger partial charge in [-0.25, -0.2) is 4.98 Å². The fourth-order valence-electron chi connectivity index (χ4n) is 5.31. The number of pyridine rings is 1. The number of hydrogen-bond acceptors (Lipinski definition) is 14. The van der Waals surface area contributed by atoms with E-state index >= 15 is 0 Å². The van der Waals surface area contributed by atoms with E-state index in [0.29, 0.717) is 16.9 Å². The lowest BCUT2D eigenvalue weighted by Gasteiger charge is -2.50. The molecule has 44 heavy (non-hydrogen) atoms. The van der Waals surface area contributed by atoms with Gasteiger partial charge in [-0.15, -0.1) is 4.28 Å². The van der Waals surface area contributed by atoms with Crippen LogP contribution in [0.2, 0.25) is 0 Å². The number of ketones is 1. The van der Waals surface area contributed by atoms with Crippen LogP contribution in [0, 0.1) is 5.92 Å². The summed E-state index contributed by atoms with van der Waals surface area (Å²) in [6, 6.07) is 8.07. The Kier molecular flexibility index (Phi) is 9.28. The Labute approximate surface area is 257 Å². The molecule has 1 aliphatic heterocycles. The van der Waals surface area contributed by atoms with E-state index in [4.69, 9.17) is 19.9 Å². The van der Waals surface area contributed by atoms with E-state index in [2.05, 4.69) is 29.1 Å². The van der Waals surface area contributed by atoms with Crippen LogP contribution in [-0.4, -0.2) is 74.6 Å². The summed E-state index contributed by atoms with van der Waals surface area (Å²) in [4.78, 5) is 39.6. The zero-order valence-corrected chi connectivity index (χ0v) is 25.8. The molecule has 5 rings (SSSR count). The summed E-state index contributed by atoms with van der Waals surface area (Å²) < 4.78 is 45.3. The number of aromatic nitrogens is 3. The SMILES string of the molecule is CC1(C)C(CC(=O)/C(=N\OCCOc2ccc3c(NC4CCCCC4)nccc3c2)c2nsc(N)n2)C(=O)N1OS(=O)(=O)O.